The lowest BCUT2D eigenvalue weighted by Crippen LogP contribution is -2.12. The maximum Gasteiger partial charge on any atom is 0.275 e. The van der Waals surface area contributed by atoms with Gasteiger partial charge in [0, 0.05) is 24.5 Å². The Balaban J connectivity index is 1.87. The van der Waals surface area contributed by atoms with E-state index in [1.165, 1.54) is 41.1 Å². The van der Waals surface area contributed by atoms with E-state index < -0.39 is 16.6 Å². The van der Waals surface area contributed by atoms with E-state index in [2.05, 4.69) is 10.3 Å². The largest absolute Gasteiger partial charge is 0.319 e. The van der Waals surface area contributed by atoms with E-state index >= 15 is 0 Å². The number of carbonyl (C=O) groups is 1. The number of imidazole rings is 1. The zero-order chi connectivity index (χ0) is 16.6. The molecule has 1 amide bonds. The van der Waals surface area contributed by atoms with Crippen LogP contribution in [-0.2, 0) is 0 Å². The van der Waals surface area contributed by atoms with Crippen molar-refractivity contribution < 1.29 is 14.1 Å². The van der Waals surface area contributed by atoms with Gasteiger partial charge in [-0.1, -0.05) is 11.6 Å². The van der Waals surface area contributed by atoms with Crippen LogP contribution in [0.1, 0.15) is 10.5 Å². The van der Waals surface area contributed by atoms with Crippen molar-refractivity contribution in [3.8, 4) is 0 Å². The summed E-state index contributed by atoms with van der Waals surface area (Å²) in [5.41, 5.74) is 0.498. The number of halogens is 2. The molecule has 2 heterocycles. The molecule has 0 atom stereocenters. The van der Waals surface area contributed by atoms with Crippen LogP contribution in [0.2, 0.25) is 5.02 Å². The zero-order valence-electron chi connectivity index (χ0n) is 11.4. The summed E-state index contributed by atoms with van der Waals surface area (Å²) in [6.07, 6.45) is 2.56. The normalized spacial score (nSPS) is 10.7. The lowest BCUT2D eigenvalue weighted by molar-refractivity contribution is -0.384. The summed E-state index contributed by atoms with van der Waals surface area (Å²) in [4.78, 5) is 26.3. The van der Waals surface area contributed by atoms with Crippen molar-refractivity contribution in [3.63, 3.8) is 0 Å². The van der Waals surface area contributed by atoms with Gasteiger partial charge in [-0.25, -0.2) is 9.37 Å². The molecule has 3 rings (SSSR count). The first-order valence-electron chi connectivity index (χ1n) is 6.33. The van der Waals surface area contributed by atoms with E-state index in [0.29, 0.717) is 5.65 Å². The summed E-state index contributed by atoms with van der Waals surface area (Å²) in [5.74, 6) is -1.02. The van der Waals surface area contributed by atoms with Gasteiger partial charge in [-0.2, -0.15) is 0 Å². The number of nitro groups is 1. The Morgan fingerprint density at radius 1 is 1.30 bits per heavy atom. The number of rotatable bonds is 3. The second-order valence-corrected chi connectivity index (χ2v) is 5.02. The van der Waals surface area contributed by atoms with Gasteiger partial charge in [0.1, 0.15) is 17.2 Å². The molecule has 9 heteroatoms. The van der Waals surface area contributed by atoms with Gasteiger partial charge in [0.05, 0.1) is 15.6 Å². The van der Waals surface area contributed by atoms with Crippen molar-refractivity contribution in [2.24, 2.45) is 0 Å². The number of nitro benzene ring substituents is 1. The van der Waals surface area contributed by atoms with Gasteiger partial charge in [0.15, 0.2) is 0 Å². The third-order valence-electron chi connectivity index (χ3n) is 3.06. The molecular weight excluding hydrogens is 327 g/mol. The van der Waals surface area contributed by atoms with Crippen molar-refractivity contribution >= 4 is 34.5 Å². The fourth-order valence-electron chi connectivity index (χ4n) is 1.98. The minimum Gasteiger partial charge on any atom is -0.319 e. The van der Waals surface area contributed by atoms with Gasteiger partial charge in [0.2, 0.25) is 0 Å². The van der Waals surface area contributed by atoms with Crippen molar-refractivity contribution in [1.82, 2.24) is 9.38 Å². The van der Waals surface area contributed by atoms with Crippen LogP contribution in [0.3, 0.4) is 0 Å². The number of fused-ring (bicyclic) bond motifs is 1. The smallest absolute Gasteiger partial charge is 0.275 e. The molecule has 0 aliphatic heterocycles. The quantitative estimate of drug-likeness (QED) is 0.588. The monoisotopic (exact) mass is 334 g/mol. The number of nitrogens with zero attached hydrogens (tertiary/aromatic N) is 3. The first-order valence-corrected chi connectivity index (χ1v) is 6.71. The van der Waals surface area contributed by atoms with Gasteiger partial charge in [-0.15, -0.1) is 0 Å². The summed E-state index contributed by atoms with van der Waals surface area (Å²) in [6, 6.07) is 6.35. The topological polar surface area (TPSA) is 89.5 Å². The van der Waals surface area contributed by atoms with Gasteiger partial charge in [-0.3, -0.25) is 14.9 Å². The number of hydrogen-bond donors (Lipinski definition) is 1. The number of amides is 1. The van der Waals surface area contributed by atoms with Crippen molar-refractivity contribution in [1.29, 1.82) is 0 Å². The SMILES string of the molecule is O=C(Nc1ccc([N+](=O)[O-])cc1Cl)c1cn2cc(F)ccc2n1. The highest BCUT2D eigenvalue weighted by molar-refractivity contribution is 6.34. The summed E-state index contributed by atoms with van der Waals surface area (Å²) in [7, 11) is 0. The molecule has 0 bridgehead atoms. The van der Waals surface area contributed by atoms with E-state index in [9.17, 15) is 19.3 Å². The van der Waals surface area contributed by atoms with Crippen LogP contribution in [0, 0.1) is 15.9 Å². The Morgan fingerprint density at radius 3 is 2.78 bits per heavy atom. The number of hydrogen-bond acceptors (Lipinski definition) is 4. The molecule has 0 aliphatic rings. The average molecular weight is 335 g/mol. The Bertz CT molecular complexity index is 941. The second kappa shape index (κ2) is 5.65. The predicted octanol–water partition coefficient (Wildman–Crippen LogP) is 3.29. The molecule has 0 saturated carbocycles. The summed E-state index contributed by atoms with van der Waals surface area (Å²) >= 11 is 5.91. The van der Waals surface area contributed by atoms with Crippen molar-refractivity contribution in [3.05, 3.63) is 69.4 Å². The molecule has 0 spiro atoms. The van der Waals surface area contributed by atoms with Crippen LogP contribution >= 0.6 is 11.6 Å². The molecule has 0 aliphatic carbocycles. The highest BCUT2D eigenvalue weighted by Crippen LogP contribution is 2.27. The van der Waals surface area contributed by atoms with Crippen LogP contribution in [0.5, 0.6) is 0 Å². The number of nitrogens with one attached hydrogen (secondary N) is 1. The lowest BCUT2D eigenvalue weighted by atomic mass is 10.2. The molecule has 0 saturated heterocycles. The first-order chi connectivity index (χ1) is 10.9. The van der Waals surface area contributed by atoms with E-state index in [0.717, 1.165) is 6.07 Å². The molecule has 23 heavy (non-hydrogen) atoms. The number of aromatic nitrogens is 2. The molecule has 0 fully saturated rings. The van der Waals surface area contributed by atoms with E-state index in [4.69, 9.17) is 11.6 Å². The molecular formula is C14H8ClFN4O3. The third kappa shape index (κ3) is 2.97. The molecule has 116 valence electrons. The minimum absolute atomic E-state index is 0.0300. The zero-order valence-corrected chi connectivity index (χ0v) is 12.1. The Morgan fingerprint density at radius 2 is 2.09 bits per heavy atom. The standard InChI is InChI=1S/C14H8ClFN4O3/c15-10-5-9(20(22)23)2-3-11(10)18-14(21)12-7-19-6-8(16)1-4-13(19)17-12/h1-7H,(H,18,21). The third-order valence-corrected chi connectivity index (χ3v) is 3.37. The molecule has 0 radical (unpaired) electrons. The lowest BCUT2D eigenvalue weighted by Gasteiger charge is -2.05. The number of anilines is 1. The fraction of sp³-hybridized carbons (Fsp3) is 0. The number of benzene rings is 1. The van der Waals surface area contributed by atoms with E-state index in [1.54, 1.807) is 0 Å². The minimum atomic E-state index is -0.589. The number of non-ortho nitro benzene ring substituents is 1. The Kier molecular flexibility index (Phi) is 3.67. The van der Waals surface area contributed by atoms with Gasteiger partial charge >= 0.3 is 0 Å². The molecule has 0 unspecified atom stereocenters. The average Bonchev–Trinajstić information content (AvgIpc) is 2.92. The molecule has 1 N–H and O–H groups in total. The van der Waals surface area contributed by atoms with Crippen LogP contribution in [0.15, 0.2) is 42.7 Å². The number of pyridine rings is 1. The highest BCUT2D eigenvalue weighted by atomic mass is 35.5. The first kappa shape index (κ1) is 14.9. The molecule has 2 aromatic heterocycles. The number of carbonyl (C=O) groups excluding carboxylic acids is 1. The van der Waals surface area contributed by atoms with Crippen molar-refractivity contribution in [2.75, 3.05) is 5.32 Å². The summed E-state index contributed by atoms with van der Waals surface area (Å²) in [6.45, 7) is 0. The maximum atomic E-state index is 13.1. The van der Waals surface area contributed by atoms with E-state index in [1.807, 2.05) is 0 Å². The second-order valence-electron chi connectivity index (χ2n) is 4.61. The fourth-order valence-corrected chi connectivity index (χ4v) is 2.20. The van der Waals surface area contributed by atoms with Gasteiger partial charge < -0.3 is 9.72 Å². The van der Waals surface area contributed by atoms with Crippen LogP contribution in [0.25, 0.3) is 5.65 Å². The van der Waals surface area contributed by atoms with Gasteiger partial charge in [-0.05, 0) is 18.2 Å². The predicted molar refractivity (Wildman–Crippen MR) is 81.2 cm³/mol. The van der Waals surface area contributed by atoms with Crippen LogP contribution in [0.4, 0.5) is 15.8 Å². The maximum absolute atomic E-state index is 13.1. The highest BCUT2D eigenvalue weighted by Gasteiger charge is 2.15. The Hall–Kier alpha value is -3.00. The molecule has 7 nitrogen and oxygen atoms in total. The summed E-state index contributed by atoms with van der Waals surface area (Å²) in [5, 5.41) is 13.2. The summed E-state index contributed by atoms with van der Waals surface area (Å²) < 4.78 is 14.5. The van der Waals surface area contributed by atoms with Crippen LogP contribution in [-0.4, -0.2) is 20.2 Å². The van der Waals surface area contributed by atoms with Crippen molar-refractivity contribution in [2.45, 2.75) is 0 Å². The van der Waals surface area contributed by atoms with E-state index in [-0.39, 0.29) is 22.1 Å². The van der Waals surface area contributed by atoms with Gasteiger partial charge in [0.25, 0.3) is 11.6 Å². The van der Waals surface area contributed by atoms with Crippen LogP contribution < -0.4 is 5.32 Å². The Labute approximate surface area is 133 Å². The molecule has 3 aromatic rings. The molecule has 1 aromatic carbocycles.